The van der Waals surface area contributed by atoms with E-state index >= 15 is 0 Å². The molecule has 1 aromatic heterocycles. The molecule has 6 heteroatoms. The van der Waals surface area contributed by atoms with E-state index in [-0.39, 0.29) is 0 Å². The number of benzene rings is 2. The van der Waals surface area contributed by atoms with Gasteiger partial charge in [-0.1, -0.05) is 30.3 Å². The van der Waals surface area contributed by atoms with E-state index in [1.807, 2.05) is 6.07 Å². The molecule has 0 saturated carbocycles. The lowest BCUT2D eigenvalue weighted by Gasteiger charge is -2.17. The summed E-state index contributed by atoms with van der Waals surface area (Å²) < 4.78 is 0. The van der Waals surface area contributed by atoms with Crippen LogP contribution in [0.5, 0.6) is 0 Å². The van der Waals surface area contributed by atoms with E-state index in [1.54, 1.807) is 6.20 Å². The smallest absolute Gasteiger partial charge is 0.244 e. The van der Waals surface area contributed by atoms with Crippen LogP contribution in [0.25, 0.3) is 0 Å². The molecule has 0 unspecified atom stereocenters. The Morgan fingerprint density at radius 3 is 2.50 bits per heavy atom. The summed E-state index contributed by atoms with van der Waals surface area (Å²) in [6, 6.07) is 19.0. The van der Waals surface area contributed by atoms with Crippen LogP contribution in [0.3, 0.4) is 0 Å². The first-order chi connectivity index (χ1) is 13.9. The van der Waals surface area contributed by atoms with Crippen LogP contribution < -0.4 is 15.5 Å². The minimum atomic E-state index is 0.548. The first-order valence-corrected chi connectivity index (χ1v) is 9.96. The third-order valence-corrected chi connectivity index (χ3v) is 4.94. The number of hydrogen-bond acceptors (Lipinski definition) is 6. The second-order valence-corrected chi connectivity index (χ2v) is 7.05. The standard InChI is InChI=1S/C22H26N6/c1-2-7-18(8-3-1)9-6-14-23-22-26-21(17-24-27-22)25-19-10-12-20(13-11-19)28-15-4-5-16-28/h1-3,7-8,10-13,17H,4-6,9,14-16H2,(H2,23,25,26,27). The number of hydrogen-bond donors (Lipinski definition) is 2. The molecule has 144 valence electrons. The van der Waals surface area contributed by atoms with E-state index in [1.165, 1.54) is 24.1 Å². The summed E-state index contributed by atoms with van der Waals surface area (Å²) in [5, 5.41) is 14.7. The molecular weight excluding hydrogens is 348 g/mol. The van der Waals surface area contributed by atoms with Gasteiger partial charge in [0.05, 0.1) is 6.20 Å². The summed E-state index contributed by atoms with van der Waals surface area (Å²) in [5.41, 5.74) is 3.62. The van der Waals surface area contributed by atoms with E-state index in [0.29, 0.717) is 11.8 Å². The summed E-state index contributed by atoms with van der Waals surface area (Å²) >= 11 is 0. The van der Waals surface area contributed by atoms with Crippen molar-refractivity contribution in [2.24, 2.45) is 0 Å². The summed E-state index contributed by atoms with van der Waals surface area (Å²) in [6.07, 6.45) is 6.26. The Hall–Kier alpha value is -3.15. The fourth-order valence-electron chi connectivity index (χ4n) is 3.45. The van der Waals surface area contributed by atoms with Gasteiger partial charge in [0.15, 0.2) is 5.82 Å². The molecule has 3 aromatic rings. The van der Waals surface area contributed by atoms with E-state index < -0.39 is 0 Å². The van der Waals surface area contributed by atoms with Crippen molar-refractivity contribution >= 4 is 23.1 Å². The summed E-state index contributed by atoms with van der Waals surface area (Å²) in [7, 11) is 0. The highest BCUT2D eigenvalue weighted by Crippen LogP contribution is 2.23. The van der Waals surface area contributed by atoms with Gasteiger partial charge in [0.1, 0.15) is 0 Å². The van der Waals surface area contributed by atoms with Crippen LogP contribution in [-0.4, -0.2) is 34.8 Å². The number of aryl methyl sites for hydroxylation is 1. The minimum Gasteiger partial charge on any atom is -0.372 e. The average molecular weight is 374 g/mol. The highest BCUT2D eigenvalue weighted by molar-refractivity contribution is 5.61. The van der Waals surface area contributed by atoms with Crippen molar-refractivity contribution in [3.8, 4) is 0 Å². The highest BCUT2D eigenvalue weighted by atomic mass is 15.3. The zero-order chi connectivity index (χ0) is 19.0. The summed E-state index contributed by atoms with van der Waals surface area (Å²) in [5.74, 6) is 1.24. The molecule has 2 aromatic carbocycles. The Labute approximate surface area is 166 Å². The minimum absolute atomic E-state index is 0.548. The molecule has 4 rings (SSSR count). The van der Waals surface area contributed by atoms with Crippen LogP contribution in [0.1, 0.15) is 24.8 Å². The van der Waals surface area contributed by atoms with Gasteiger partial charge in [0, 0.05) is 31.0 Å². The fraction of sp³-hybridized carbons (Fsp3) is 0.318. The van der Waals surface area contributed by atoms with E-state index in [4.69, 9.17) is 0 Å². The Bertz CT molecular complexity index is 860. The third-order valence-electron chi connectivity index (χ3n) is 4.94. The van der Waals surface area contributed by atoms with Crippen molar-refractivity contribution in [3.63, 3.8) is 0 Å². The highest BCUT2D eigenvalue weighted by Gasteiger charge is 2.11. The Kier molecular flexibility index (Phi) is 5.97. The van der Waals surface area contributed by atoms with Gasteiger partial charge in [-0.2, -0.15) is 10.1 Å². The number of anilines is 4. The third kappa shape index (κ3) is 4.97. The average Bonchev–Trinajstić information content (AvgIpc) is 3.28. The van der Waals surface area contributed by atoms with E-state index in [9.17, 15) is 0 Å². The molecule has 1 aliphatic rings. The summed E-state index contributed by atoms with van der Waals surface area (Å²) in [4.78, 5) is 6.93. The van der Waals surface area contributed by atoms with Crippen molar-refractivity contribution < 1.29 is 0 Å². The largest absolute Gasteiger partial charge is 0.372 e. The van der Waals surface area contributed by atoms with Crippen LogP contribution in [-0.2, 0) is 6.42 Å². The number of nitrogens with one attached hydrogen (secondary N) is 2. The van der Waals surface area contributed by atoms with Crippen molar-refractivity contribution in [2.45, 2.75) is 25.7 Å². The SMILES string of the molecule is c1ccc(CCCNc2nncc(Nc3ccc(N4CCCC4)cc3)n2)cc1. The zero-order valence-corrected chi connectivity index (χ0v) is 16.0. The van der Waals surface area contributed by atoms with Crippen molar-refractivity contribution in [1.29, 1.82) is 0 Å². The van der Waals surface area contributed by atoms with Gasteiger partial charge in [-0.3, -0.25) is 0 Å². The van der Waals surface area contributed by atoms with Gasteiger partial charge in [-0.05, 0) is 55.5 Å². The van der Waals surface area contributed by atoms with Gasteiger partial charge in [0.25, 0.3) is 0 Å². The van der Waals surface area contributed by atoms with Crippen molar-refractivity contribution in [1.82, 2.24) is 15.2 Å². The van der Waals surface area contributed by atoms with Gasteiger partial charge in [-0.15, -0.1) is 5.10 Å². The topological polar surface area (TPSA) is 66.0 Å². The van der Waals surface area contributed by atoms with Gasteiger partial charge in [0.2, 0.25) is 5.95 Å². The molecule has 2 N–H and O–H groups in total. The van der Waals surface area contributed by atoms with Crippen LogP contribution in [0.15, 0.2) is 60.8 Å². The molecule has 1 fully saturated rings. The van der Waals surface area contributed by atoms with Crippen molar-refractivity contribution in [2.75, 3.05) is 35.2 Å². The Morgan fingerprint density at radius 1 is 0.929 bits per heavy atom. The maximum Gasteiger partial charge on any atom is 0.244 e. The maximum atomic E-state index is 4.51. The molecule has 0 atom stereocenters. The normalized spacial score (nSPS) is 13.5. The van der Waals surface area contributed by atoms with Crippen LogP contribution in [0.4, 0.5) is 23.1 Å². The quantitative estimate of drug-likeness (QED) is 0.574. The Balaban J connectivity index is 1.28. The van der Waals surface area contributed by atoms with Crippen LogP contribution in [0, 0.1) is 0 Å². The first kappa shape index (κ1) is 18.2. The predicted octanol–water partition coefficient (Wildman–Crippen LogP) is 4.26. The lowest BCUT2D eigenvalue weighted by molar-refractivity contribution is 0.843. The molecule has 0 aliphatic carbocycles. The summed E-state index contributed by atoms with van der Waals surface area (Å²) in [6.45, 7) is 3.12. The van der Waals surface area contributed by atoms with Gasteiger partial charge in [-0.25, -0.2) is 0 Å². The number of nitrogens with zero attached hydrogens (tertiary/aromatic N) is 4. The molecule has 1 aliphatic heterocycles. The van der Waals surface area contributed by atoms with E-state index in [2.05, 4.69) is 79.2 Å². The Morgan fingerprint density at radius 2 is 1.71 bits per heavy atom. The number of rotatable bonds is 8. The van der Waals surface area contributed by atoms with Crippen molar-refractivity contribution in [3.05, 3.63) is 66.4 Å². The van der Waals surface area contributed by atoms with Gasteiger partial charge >= 0.3 is 0 Å². The zero-order valence-electron chi connectivity index (χ0n) is 16.0. The molecule has 0 spiro atoms. The van der Waals surface area contributed by atoms with Gasteiger partial charge < -0.3 is 15.5 Å². The monoisotopic (exact) mass is 374 g/mol. The molecule has 6 nitrogen and oxygen atoms in total. The first-order valence-electron chi connectivity index (χ1n) is 9.96. The van der Waals surface area contributed by atoms with Crippen LogP contribution >= 0.6 is 0 Å². The fourth-order valence-corrected chi connectivity index (χ4v) is 3.45. The predicted molar refractivity (Wildman–Crippen MR) is 114 cm³/mol. The molecular formula is C22H26N6. The second-order valence-electron chi connectivity index (χ2n) is 7.05. The lowest BCUT2D eigenvalue weighted by atomic mass is 10.1. The maximum absolute atomic E-state index is 4.51. The molecule has 1 saturated heterocycles. The molecule has 0 bridgehead atoms. The van der Waals surface area contributed by atoms with Crippen LogP contribution in [0.2, 0.25) is 0 Å². The molecule has 2 heterocycles. The molecule has 0 amide bonds. The molecule has 28 heavy (non-hydrogen) atoms. The van der Waals surface area contributed by atoms with E-state index in [0.717, 1.165) is 38.2 Å². The lowest BCUT2D eigenvalue weighted by Crippen LogP contribution is -2.17. The molecule has 0 radical (unpaired) electrons. The number of aromatic nitrogens is 3. The second kappa shape index (κ2) is 9.17.